The van der Waals surface area contributed by atoms with Crippen molar-refractivity contribution < 1.29 is 9.18 Å². The number of halogens is 2. The number of nitrogens with zero attached hydrogens (tertiary/aromatic N) is 1. The second-order valence-electron chi connectivity index (χ2n) is 3.66. The summed E-state index contributed by atoms with van der Waals surface area (Å²) in [4.78, 5) is 13.7. The van der Waals surface area contributed by atoms with E-state index in [-0.39, 0.29) is 11.7 Å². The Hall–Kier alpha value is -0.650. The van der Waals surface area contributed by atoms with Crippen LogP contribution < -0.4 is 0 Å². The normalized spacial score (nSPS) is 15.7. The number of hydrogen-bond acceptors (Lipinski definition) is 1. The summed E-state index contributed by atoms with van der Waals surface area (Å²) < 4.78 is 13.9. The van der Waals surface area contributed by atoms with E-state index >= 15 is 0 Å². The summed E-state index contributed by atoms with van der Waals surface area (Å²) in [6.07, 6.45) is 2.11. The molecule has 1 saturated heterocycles. The molecule has 1 aromatic rings. The molecule has 0 aromatic heterocycles. The first kappa shape index (κ1) is 10.9. The van der Waals surface area contributed by atoms with Crippen molar-refractivity contribution in [3.8, 4) is 0 Å². The first-order chi connectivity index (χ1) is 7.16. The Morgan fingerprint density at radius 2 is 1.93 bits per heavy atom. The largest absolute Gasteiger partial charge is 0.339 e. The molecule has 0 unspecified atom stereocenters. The summed E-state index contributed by atoms with van der Waals surface area (Å²) in [6.45, 7) is 1.60. The Balaban J connectivity index is 2.24. The summed E-state index contributed by atoms with van der Waals surface area (Å²) in [5.74, 6) is -0.394. The lowest BCUT2D eigenvalue weighted by atomic mass is 10.2. The van der Waals surface area contributed by atoms with E-state index in [2.05, 4.69) is 0 Å². The number of amides is 1. The first-order valence-electron chi connectivity index (χ1n) is 4.92. The van der Waals surface area contributed by atoms with Gasteiger partial charge in [0.25, 0.3) is 5.91 Å². The highest BCUT2D eigenvalue weighted by Gasteiger charge is 2.19. The van der Waals surface area contributed by atoms with Gasteiger partial charge in [-0.1, -0.05) is 0 Å². The van der Waals surface area contributed by atoms with Crippen LogP contribution in [-0.4, -0.2) is 23.9 Å². The molecule has 0 atom stereocenters. The first-order valence-corrected chi connectivity index (χ1v) is 6.00. The number of rotatable bonds is 1. The van der Waals surface area contributed by atoms with Crippen LogP contribution in [0.3, 0.4) is 0 Å². The third-order valence-corrected chi connectivity index (χ3v) is 3.13. The lowest BCUT2D eigenvalue weighted by Crippen LogP contribution is -2.27. The van der Waals surface area contributed by atoms with Crippen LogP contribution in [0.4, 0.5) is 4.39 Å². The average Bonchev–Trinajstić information content (AvgIpc) is 2.67. The highest BCUT2D eigenvalue weighted by molar-refractivity contribution is 14.1. The van der Waals surface area contributed by atoms with Gasteiger partial charge in [0.15, 0.2) is 0 Å². The van der Waals surface area contributed by atoms with Crippen molar-refractivity contribution in [2.45, 2.75) is 12.8 Å². The van der Waals surface area contributed by atoms with E-state index in [1.807, 2.05) is 22.6 Å². The second-order valence-corrected chi connectivity index (χ2v) is 4.90. The molecule has 2 rings (SSSR count). The van der Waals surface area contributed by atoms with Gasteiger partial charge in [-0.25, -0.2) is 4.39 Å². The minimum Gasteiger partial charge on any atom is -0.339 e. The van der Waals surface area contributed by atoms with Crippen molar-refractivity contribution in [1.82, 2.24) is 4.90 Å². The molecule has 1 fully saturated rings. The summed E-state index contributed by atoms with van der Waals surface area (Å²) in [5, 5.41) is 0. The van der Waals surface area contributed by atoms with Gasteiger partial charge in [-0.15, -0.1) is 0 Å². The molecule has 1 aliphatic rings. The lowest BCUT2D eigenvalue weighted by Gasteiger charge is -2.15. The fourth-order valence-corrected chi connectivity index (χ4v) is 2.41. The standard InChI is InChI=1S/C11H11FINO/c12-9-5-8(6-10(13)7-9)11(15)14-3-1-2-4-14/h5-7H,1-4H2. The molecule has 0 bridgehead atoms. The molecule has 15 heavy (non-hydrogen) atoms. The molecular weight excluding hydrogens is 308 g/mol. The Morgan fingerprint density at radius 3 is 2.53 bits per heavy atom. The third-order valence-electron chi connectivity index (χ3n) is 2.50. The molecule has 0 radical (unpaired) electrons. The maximum Gasteiger partial charge on any atom is 0.253 e. The Bertz CT molecular complexity index is 368. The van der Waals surface area contributed by atoms with Gasteiger partial charge < -0.3 is 4.90 Å². The number of hydrogen-bond donors (Lipinski definition) is 0. The maximum absolute atomic E-state index is 13.1. The van der Waals surface area contributed by atoms with Crippen LogP contribution in [0, 0.1) is 9.39 Å². The smallest absolute Gasteiger partial charge is 0.253 e. The van der Waals surface area contributed by atoms with Gasteiger partial charge >= 0.3 is 0 Å². The van der Waals surface area contributed by atoms with Gasteiger partial charge in [0, 0.05) is 22.2 Å². The van der Waals surface area contributed by atoms with Gasteiger partial charge in [-0.2, -0.15) is 0 Å². The topological polar surface area (TPSA) is 20.3 Å². The Kier molecular flexibility index (Phi) is 3.23. The number of benzene rings is 1. The van der Waals surface area contributed by atoms with E-state index in [1.54, 1.807) is 11.0 Å². The molecule has 0 saturated carbocycles. The van der Waals surface area contributed by atoms with E-state index in [0.29, 0.717) is 5.56 Å². The van der Waals surface area contributed by atoms with Crippen molar-refractivity contribution in [1.29, 1.82) is 0 Å². The van der Waals surface area contributed by atoms with Crippen LogP contribution in [0.5, 0.6) is 0 Å². The second kappa shape index (κ2) is 4.47. The molecule has 0 N–H and O–H groups in total. The number of carbonyl (C=O) groups is 1. The SMILES string of the molecule is O=C(c1cc(F)cc(I)c1)N1CCCC1. The third kappa shape index (κ3) is 2.48. The molecule has 2 nitrogen and oxygen atoms in total. The van der Waals surface area contributed by atoms with Crippen LogP contribution in [-0.2, 0) is 0 Å². The lowest BCUT2D eigenvalue weighted by molar-refractivity contribution is 0.0792. The van der Waals surface area contributed by atoms with Crippen molar-refractivity contribution >= 4 is 28.5 Å². The monoisotopic (exact) mass is 319 g/mol. The molecule has 1 aliphatic heterocycles. The van der Waals surface area contributed by atoms with Crippen LogP contribution in [0.25, 0.3) is 0 Å². The summed E-state index contributed by atoms with van der Waals surface area (Å²) in [6, 6.07) is 4.45. The van der Waals surface area contributed by atoms with Gasteiger partial charge in [0.1, 0.15) is 5.82 Å². The van der Waals surface area contributed by atoms with Crippen LogP contribution >= 0.6 is 22.6 Å². The van der Waals surface area contributed by atoms with Gasteiger partial charge in [-0.3, -0.25) is 4.79 Å². The molecule has 4 heteroatoms. The van der Waals surface area contributed by atoms with Crippen molar-refractivity contribution in [3.05, 3.63) is 33.1 Å². The highest BCUT2D eigenvalue weighted by Crippen LogP contribution is 2.16. The maximum atomic E-state index is 13.1. The number of carbonyl (C=O) groups excluding carboxylic acids is 1. The Labute approximate surface area is 102 Å². The van der Waals surface area contributed by atoms with E-state index < -0.39 is 0 Å². The van der Waals surface area contributed by atoms with E-state index in [9.17, 15) is 9.18 Å². The van der Waals surface area contributed by atoms with Gasteiger partial charge in [-0.05, 0) is 53.6 Å². The fourth-order valence-electron chi connectivity index (χ4n) is 1.78. The van der Waals surface area contributed by atoms with Gasteiger partial charge in [0.05, 0.1) is 0 Å². The molecular formula is C11H11FINO. The molecule has 1 heterocycles. The summed E-state index contributed by atoms with van der Waals surface area (Å²) in [7, 11) is 0. The quantitative estimate of drug-likeness (QED) is 0.729. The minimum absolute atomic E-state index is 0.0510. The average molecular weight is 319 g/mol. The van der Waals surface area contributed by atoms with Crippen molar-refractivity contribution in [2.24, 2.45) is 0 Å². The molecule has 1 amide bonds. The van der Waals surface area contributed by atoms with Crippen LogP contribution in [0.15, 0.2) is 18.2 Å². The van der Waals surface area contributed by atoms with Crippen molar-refractivity contribution in [3.63, 3.8) is 0 Å². The summed E-state index contributed by atoms with van der Waals surface area (Å²) >= 11 is 2.02. The fraction of sp³-hybridized carbons (Fsp3) is 0.364. The van der Waals surface area contributed by atoms with Crippen LogP contribution in [0.2, 0.25) is 0 Å². The zero-order valence-electron chi connectivity index (χ0n) is 8.17. The minimum atomic E-state index is -0.343. The predicted octanol–water partition coefficient (Wildman–Crippen LogP) is 2.67. The summed E-state index contributed by atoms with van der Waals surface area (Å²) in [5.41, 5.74) is 0.460. The zero-order chi connectivity index (χ0) is 10.8. The Morgan fingerprint density at radius 1 is 1.27 bits per heavy atom. The molecule has 0 aliphatic carbocycles. The molecule has 1 aromatic carbocycles. The highest BCUT2D eigenvalue weighted by atomic mass is 127. The van der Waals surface area contributed by atoms with Crippen LogP contribution in [0.1, 0.15) is 23.2 Å². The predicted molar refractivity (Wildman–Crippen MR) is 64.3 cm³/mol. The van der Waals surface area contributed by atoms with Gasteiger partial charge in [0.2, 0.25) is 0 Å². The van der Waals surface area contributed by atoms with E-state index in [1.165, 1.54) is 12.1 Å². The molecule has 0 spiro atoms. The van der Waals surface area contributed by atoms with Crippen molar-refractivity contribution in [2.75, 3.05) is 13.1 Å². The number of likely N-dealkylation sites (tertiary alicyclic amines) is 1. The zero-order valence-corrected chi connectivity index (χ0v) is 10.3. The van der Waals surface area contributed by atoms with E-state index in [0.717, 1.165) is 29.5 Å². The molecule has 80 valence electrons. The van der Waals surface area contributed by atoms with E-state index in [4.69, 9.17) is 0 Å².